The van der Waals surface area contributed by atoms with E-state index in [1.54, 1.807) is 47.8 Å². The molecule has 1 saturated heterocycles. The fourth-order valence-corrected chi connectivity index (χ4v) is 6.08. The number of piperidine rings is 1. The molecular formula is C30H34ClN7O3S. The second kappa shape index (κ2) is 12.2. The Morgan fingerprint density at radius 3 is 2.55 bits per heavy atom. The Labute approximate surface area is 253 Å². The van der Waals surface area contributed by atoms with Gasteiger partial charge in [-0.05, 0) is 62.4 Å². The lowest BCUT2D eigenvalue weighted by molar-refractivity contribution is 0.0980. The Morgan fingerprint density at radius 1 is 1.10 bits per heavy atom. The third-order valence-electron chi connectivity index (χ3n) is 7.81. The molecule has 1 atom stereocenters. The number of amides is 1. The molecule has 0 spiro atoms. The van der Waals surface area contributed by atoms with Crippen molar-refractivity contribution in [2.24, 2.45) is 14.1 Å². The average molecular weight is 608 g/mol. The fourth-order valence-electron chi connectivity index (χ4n) is 5.65. The van der Waals surface area contributed by atoms with Gasteiger partial charge in [-0.3, -0.25) is 23.7 Å². The lowest BCUT2D eigenvalue weighted by atomic mass is 9.90. The number of hydrogen-bond acceptors (Lipinski definition) is 8. The van der Waals surface area contributed by atoms with Crippen molar-refractivity contribution >= 4 is 52.0 Å². The minimum Gasteiger partial charge on any atom is -0.377 e. The molecule has 220 valence electrons. The van der Waals surface area contributed by atoms with Crippen LogP contribution in [0.3, 0.4) is 0 Å². The zero-order chi connectivity index (χ0) is 30.1. The molecule has 4 heterocycles. The highest BCUT2D eigenvalue weighted by molar-refractivity contribution is 7.97. The van der Waals surface area contributed by atoms with Gasteiger partial charge in [-0.25, -0.2) is 9.97 Å². The minimum absolute atomic E-state index is 0.0404. The third kappa shape index (κ3) is 5.76. The normalized spacial score (nSPS) is 14.7. The summed E-state index contributed by atoms with van der Waals surface area (Å²) in [7, 11) is 3.52. The largest absolute Gasteiger partial charge is 0.377 e. The molecule has 42 heavy (non-hydrogen) atoms. The maximum Gasteiger partial charge on any atom is 0.281 e. The van der Waals surface area contributed by atoms with Crippen molar-refractivity contribution in [3.8, 4) is 0 Å². The first-order valence-corrected chi connectivity index (χ1v) is 15.4. The summed E-state index contributed by atoms with van der Waals surface area (Å²) in [6.45, 7) is 5.26. The highest BCUT2D eigenvalue weighted by Crippen LogP contribution is 2.31. The molecule has 4 aromatic rings. The monoisotopic (exact) mass is 607 g/mol. The van der Waals surface area contributed by atoms with Crippen molar-refractivity contribution < 1.29 is 4.79 Å². The van der Waals surface area contributed by atoms with Crippen LogP contribution < -0.4 is 26.1 Å². The summed E-state index contributed by atoms with van der Waals surface area (Å²) in [5, 5.41) is 4.14. The van der Waals surface area contributed by atoms with E-state index in [2.05, 4.69) is 19.9 Å². The summed E-state index contributed by atoms with van der Waals surface area (Å²) in [6.07, 6.45) is 5.10. The smallest absolute Gasteiger partial charge is 0.281 e. The maximum atomic E-state index is 13.6. The van der Waals surface area contributed by atoms with Crippen molar-refractivity contribution in [2.75, 3.05) is 29.6 Å². The Kier molecular flexibility index (Phi) is 8.60. The van der Waals surface area contributed by atoms with Gasteiger partial charge in [0.25, 0.3) is 17.0 Å². The third-order valence-corrected chi connectivity index (χ3v) is 8.41. The molecule has 3 aromatic heterocycles. The van der Waals surface area contributed by atoms with E-state index in [-0.39, 0.29) is 39.8 Å². The van der Waals surface area contributed by atoms with Gasteiger partial charge >= 0.3 is 0 Å². The standard InChI is InChI=1S/C30H34ClN7O3S/c1-17-15-21(18(2)32-23-8-9-24(31)33-26(23)27(39)35-42-5)25-22(16-17)29(41)37(4)30(34-25)38-13-10-19(11-14-38)20-7-6-12-36(3)28(20)40/h6-9,12,15-16,18-19,32H,10-11,13-14H2,1-5H3,(H,35,39). The number of nitrogens with one attached hydrogen (secondary N) is 2. The predicted octanol–water partition coefficient (Wildman–Crippen LogP) is 4.55. The van der Waals surface area contributed by atoms with Gasteiger partial charge in [0, 0.05) is 50.8 Å². The van der Waals surface area contributed by atoms with Crippen molar-refractivity contribution in [3.63, 3.8) is 0 Å². The number of carbonyl (C=O) groups excluding carboxylic acids is 1. The molecule has 1 aliphatic heterocycles. The summed E-state index contributed by atoms with van der Waals surface area (Å²) >= 11 is 7.28. The van der Waals surface area contributed by atoms with Crippen LogP contribution in [0, 0.1) is 6.92 Å². The molecule has 0 saturated carbocycles. The van der Waals surface area contributed by atoms with Gasteiger partial charge in [-0.15, -0.1) is 0 Å². The molecule has 2 N–H and O–H groups in total. The summed E-state index contributed by atoms with van der Waals surface area (Å²) < 4.78 is 5.92. The average Bonchev–Trinajstić information content (AvgIpc) is 2.97. The molecule has 12 heteroatoms. The molecule has 1 fully saturated rings. The number of aromatic nitrogens is 4. The number of aryl methyl sites for hydroxylation is 2. The summed E-state index contributed by atoms with van der Waals surface area (Å²) in [5.74, 6) is 0.392. The van der Waals surface area contributed by atoms with Gasteiger partial charge in [0.15, 0.2) is 5.69 Å². The van der Waals surface area contributed by atoms with E-state index in [0.29, 0.717) is 35.6 Å². The van der Waals surface area contributed by atoms with Crippen LogP contribution in [0.1, 0.15) is 58.9 Å². The number of anilines is 2. The molecule has 10 nitrogen and oxygen atoms in total. The number of benzene rings is 1. The number of pyridine rings is 2. The Bertz CT molecular complexity index is 1780. The molecule has 1 amide bonds. The van der Waals surface area contributed by atoms with Gasteiger partial charge in [-0.1, -0.05) is 35.7 Å². The Hall–Kier alpha value is -3.83. The van der Waals surface area contributed by atoms with Crippen LogP contribution in [0.5, 0.6) is 0 Å². The van der Waals surface area contributed by atoms with Crippen LogP contribution in [0.15, 0.2) is 52.2 Å². The van der Waals surface area contributed by atoms with Crippen LogP contribution in [-0.4, -0.2) is 44.4 Å². The fraction of sp³-hybridized carbons (Fsp3) is 0.367. The number of nitrogens with zero attached hydrogens (tertiary/aromatic N) is 5. The van der Waals surface area contributed by atoms with Gasteiger partial charge in [0.05, 0.1) is 22.6 Å². The van der Waals surface area contributed by atoms with Crippen LogP contribution in [-0.2, 0) is 14.1 Å². The predicted molar refractivity (Wildman–Crippen MR) is 170 cm³/mol. The van der Waals surface area contributed by atoms with E-state index in [9.17, 15) is 14.4 Å². The van der Waals surface area contributed by atoms with Gasteiger partial charge in [0.1, 0.15) is 5.15 Å². The van der Waals surface area contributed by atoms with Gasteiger partial charge in [-0.2, -0.15) is 0 Å². The van der Waals surface area contributed by atoms with Crippen molar-refractivity contribution in [3.05, 3.63) is 90.8 Å². The van der Waals surface area contributed by atoms with Crippen LogP contribution in [0.2, 0.25) is 5.15 Å². The van der Waals surface area contributed by atoms with Crippen LogP contribution in [0.4, 0.5) is 11.6 Å². The van der Waals surface area contributed by atoms with Crippen LogP contribution in [0.25, 0.3) is 10.9 Å². The minimum atomic E-state index is -0.361. The van der Waals surface area contributed by atoms with E-state index < -0.39 is 0 Å². The Balaban J connectivity index is 1.49. The molecule has 1 unspecified atom stereocenters. The first-order chi connectivity index (χ1) is 20.1. The Morgan fingerprint density at radius 2 is 1.83 bits per heavy atom. The molecule has 1 aromatic carbocycles. The van der Waals surface area contributed by atoms with E-state index in [0.717, 1.165) is 29.5 Å². The second-order valence-corrected chi connectivity index (χ2v) is 11.7. The van der Waals surface area contributed by atoms with Crippen LogP contribution >= 0.6 is 23.5 Å². The molecule has 5 rings (SSSR count). The summed E-state index contributed by atoms with van der Waals surface area (Å²) in [4.78, 5) is 50.4. The zero-order valence-electron chi connectivity index (χ0n) is 24.3. The SMILES string of the molecule is CSNC(=O)c1nc(Cl)ccc1NC(C)c1cc(C)cc2c(=O)n(C)c(N3CCC(c4cccn(C)c4=O)CC3)nc12. The number of rotatable bonds is 7. The highest BCUT2D eigenvalue weighted by atomic mass is 35.5. The van der Waals surface area contributed by atoms with E-state index in [1.165, 1.54) is 11.9 Å². The first-order valence-electron chi connectivity index (χ1n) is 13.8. The number of halogens is 1. The topological polar surface area (TPSA) is 114 Å². The molecule has 0 radical (unpaired) electrons. The second-order valence-electron chi connectivity index (χ2n) is 10.7. The number of hydrogen-bond donors (Lipinski definition) is 2. The molecule has 1 aliphatic rings. The van der Waals surface area contributed by atoms with E-state index in [1.807, 2.05) is 38.1 Å². The maximum absolute atomic E-state index is 13.6. The van der Waals surface area contributed by atoms with E-state index in [4.69, 9.17) is 16.6 Å². The zero-order valence-corrected chi connectivity index (χ0v) is 25.8. The molecule has 0 aliphatic carbocycles. The van der Waals surface area contributed by atoms with E-state index >= 15 is 0 Å². The summed E-state index contributed by atoms with van der Waals surface area (Å²) in [5.41, 5.74) is 3.82. The van der Waals surface area contributed by atoms with Crippen molar-refractivity contribution in [1.82, 2.24) is 23.8 Å². The summed E-state index contributed by atoms with van der Waals surface area (Å²) in [6, 6.07) is 10.7. The lowest BCUT2D eigenvalue weighted by Crippen LogP contribution is -2.39. The number of carbonyl (C=O) groups is 1. The first kappa shape index (κ1) is 29.7. The van der Waals surface area contributed by atoms with Gasteiger partial charge < -0.3 is 14.8 Å². The van der Waals surface area contributed by atoms with Gasteiger partial charge in [0.2, 0.25) is 5.95 Å². The lowest BCUT2D eigenvalue weighted by Gasteiger charge is -2.33. The van der Waals surface area contributed by atoms with Crippen molar-refractivity contribution in [1.29, 1.82) is 0 Å². The number of fused-ring (bicyclic) bond motifs is 1. The molecule has 0 bridgehead atoms. The van der Waals surface area contributed by atoms with Crippen molar-refractivity contribution in [2.45, 2.75) is 38.6 Å². The highest BCUT2D eigenvalue weighted by Gasteiger charge is 2.26. The molecular weight excluding hydrogens is 574 g/mol. The quantitative estimate of drug-likeness (QED) is 0.232.